The average molecular weight is 249 g/mol. The van der Waals surface area contributed by atoms with Crippen molar-refractivity contribution in [2.75, 3.05) is 5.32 Å². The van der Waals surface area contributed by atoms with Gasteiger partial charge in [0.2, 0.25) is 0 Å². The van der Waals surface area contributed by atoms with Gasteiger partial charge in [0.15, 0.2) is 11.6 Å². The topological polar surface area (TPSA) is 12.0 Å². The van der Waals surface area contributed by atoms with Gasteiger partial charge in [0.1, 0.15) is 4.99 Å². The van der Waals surface area contributed by atoms with E-state index in [-0.39, 0.29) is 0 Å². The molecule has 0 aliphatic carbocycles. The van der Waals surface area contributed by atoms with Crippen LogP contribution in [0.15, 0.2) is 48.5 Å². The molecule has 0 saturated carbocycles. The first kappa shape index (κ1) is 11.7. The van der Waals surface area contributed by atoms with E-state index in [2.05, 4.69) is 5.32 Å². The number of thiocarbonyl (C=S) groups is 1. The molecule has 0 radical (unpaired) electrons. The second-order valence-corrected chi connectivity index (χ2v) is 3.86. The standard InChI is InChI=1S/C13H9F2NS/c14-11-7-6-9(8-12(11)15)13(17)16-10-4-2-1-3-5-10/h1-8H,(H,16,17). The molecule has 2 aromatic carbocycles. The summed E-state index contributed by atoms with van der Waals surface area (Å²) in [6.07, 6.45) is 0. The van der Waals surface area contributed by atoms with E-state index in [9.17, 15) is 8.78 Å². The van der Waals surface area contributed by atoms with Gasteiger partial charge in [0.05, 0.1) is 0 Å². The molecule has 0 heterocycles. The molecule has 86 valence electrons. The van der Waals surface area contributed by atoms with Crippen LogP contribution in [0.2, 0.25) is 0 Å². The van der Waals surface area contributed by atoms with Crippen LogP contribution >= 0.6 is 12.2 Å². The van der Waals surface area contributed by atoms with Gasteiger partial charge in [-0.05, 0) is 30.3 Å². The molecule has 17 heavy (non-hydrogen) atoms. The zero-order valence-electron chi connectivity index (χ0n) is 8.78. The Kier molecular flexibility index (Phi) is 3.44. The van der Waals surface area contributed by atoms with E-state index in [1.165, 1.54) is 6.07 Å². The third-order valence-electron chi connectivity index (χ3n) is 2.21. The van der Waals surface area contributed by atoms with Gasteiger partial charge in [-0.2, -0.15) is 0 Å². The SMILES string of the molecule is Fc1ccc(C(=S)Nc2ccccc2)cc1F. The number of anilines is 1. The van der Waals surface area contributed by atoms with E-state index in [1.807, 2.05) is 30.3 Å². The van der Waals surface area contributed by atoms with Crippen LogP contribution in [0.1, 0.15) is 5.56 Å². The maximum atomic E-state index is 13.0. The maximum Gasteiger partial charge on any atom is 0.159 e. The Labute approximate surface area is 103 Å². The van der Waals surface area contributed by atoms with Gasteiger partial charge in [-0.3, -0.25) is 0 Å². The minimum absolute atomic E-state index is 0.357. The molecule has 1 N–H and O–H groups in total. The normalized spacial score (nSPS) is 10.0. The molecule has 0 bridgehead atoms. The first-order chi connectivity index (χ1) is 8.16. The largest absolute Gasteiger partial charge is 0.346 e. The van der Waals surface area contributed by atoms with E-state index < -0.39 is 11.6 Å². The summed E-state index contributed by atoms with van der Waals surface area (Å²) in [5.74, 6) is -1.78. The molecule has 2 aromatic rings. The van der Waals surface area contributed by atoms with Crippen molar-refractivity contribution in [3.63, 3.8) is 0 Å². The van der Waals surface area contributed by atoms with Crippen molar-refractivity contribution in [2.24, 2.45) is 0 Å². The average Bonchev–Trinajstić information content (AvgIpc) is 2.34. The summed E-state index contributed by atoms with van der Waals surface area (Å²) >= 11 is 5.11. The fraction of sp³-hybridized carbons (Fsp3) is 0. The minimum Gasteiger partial charge on any atom is -0.346 e. The Morgan fingerprint density at radius 3 is 2.29 bits per heavy atom. The van der Waals surface area contributed by atoms with E-state index in [1.54, 1.807) is 0 Å². The highest BCUT2D eigenvalue weighted by Gasteiger charge is 2.06. The van der Waals surface area contributed by atoms with E-state index in [0.29, 0.717) is 10.6 Å². The van der Waals surface area contributed by atoms with Gasteiger partial charge in [0, 0.05) is 11.3 Å². The van der Waals surface area contributed by atoms with Crippen molar-refractivity contribution in [1.82, 2.24) is 0 Å². The van der Waals surface area contributed by atoms with Crippen LogP contribution in [0.25, 0.3) is 0 Å². The lowest BCUT2D eigenvalue weighted by molar-refractivity contribution is 0.508. The van der Waals surface area contributed by atoms with Gasteiger partial charge < -0.3 is 5.32 Å². The van der Waals surface area contributed by atoms with Gasteiger partial charge in [-0.15, -0.1) is 0 Å². The van der Waals surface area contributed by atoms with Crippen LogP contribution in [0.4, 0.5) is 14.5 Å². The second-order valence-electron chi connectivity index (χ2n) is 3.45. The van der Waals surface area contributed by atoms with Crippen LogP contribution in [0, 0.1) is 11.6 Å². The van der Waals surface area contributed by atoms with Gasteiger partial charge in [0.25, 0.3) is 0 Å². The third-order valence-corrected chi connectivity index (χ3v) is 2.55. The molecule has 0 aromatic heterocycles. The van der Waals surface area contributed by atoms with Crippen LogP contribution in [0.3, 0.4) is 0 Å². The van der Waals surface area contributed by atoms with Gasteiger partial charge >= 0.3 is 0 Å². The number of benzene rings is 2. The highest BCUT2D eigenvalue weighted by molar-refractivity contribution is 7.81. The Bertz CT molecular complexity index is 540. The Morgan fingerprint density at radius 2 is 1.65 bits per heavy atom. The van der Waals surface area contributed by atoms with Crippen molar-refractivity contribution in [2.45, 2.75) is 0 Å². The highest BCUT2D eigenvalue weighted by atomic mass is 32.1. The maximum absolute atomic E-state index is 13.0. The predicted molar refractivity (Wildman–Crippen MR) is 68.1 cm³/mol. The minimum atomic E-state index is -0.903. The Morgan fingerprint density at radius 1 is 0.941 bits per heavy atom. The fourth-order valence-electron chi connectivity index (χ4n) is 1.36. The van der Waals surface area contributed by atoms with E-state index >= 15 is 0 Å². The number of halogens is 2. The first-order valence-corrected chi connectivity index (χ1v) is 5.39. The van der Waals surface area contributed by atoms with Crippen LogP contribution in [-0.4, -0.2) is 4.99 Å². The number of hydrogen-bond donors (Lipinski definition) is 1. The van der Waals surface area contributed by atoms with Crippen LogP contribution in [0.5, 0.6) is 0 Å². The molecule has 4 heteroatoms. The summed E-state index contributed by atoms with van der Waals surface area (Å²) < 4.78 is 25.8. The summed E-state index contributed by atoms with van der Waals surface area (Å²) in [7, 11) is 0. The van der Waals surface area contributed by atoms with E-state index in [4.69, 9.17) is 12.2 Å². The first-order valence-electron chi connectivity index (χ1n) is 4.98. The van der Waals surface area contributed by atoms with Crippen LogP contribution in [-0.2, 0) is 0 Å². The number of rotatable bonds is 2. The molecule has 1 nitrogen and oxygen atoms in total. The zero-order valence-corrected chi connectivity index (χ0v) is 9.60. The van der Waals surface area contributed by atoms with Crippen LogP contribution < -0.4 is 5.32 Å². The molecule has 0 amide bonds. The highest BCUT2D eigenvalue weighted by Crippen LogP contribution is 2.12. The number of para-hydroxylation sites is 1. The predicted octanol–water partition coefficient (Wildman–Crippen LogP) is 3.75. The summed E-state index contributed by atoms with van der Waals surface area (Å²) in [5, 5.41) is 2.95. The molecule has 2 rings (SSSR count). The van der Waals surface area contributed by atoms with E-state index in [0.717, 1.165) is 17.8 Å². The molecular weight excluding hydrogens is 240 g/mol. The molecule has 0 unspecified atom stereocenters. The molecule has 0 aliphatic rings. The summed E-state index contributed by atoms with van der Waals surface area (Å²) in [5.41, 5.74) is 1.25. The van der Waals surface area contributed by atoms with Gasteiger partial charge in [-0.1, -0.05) is 30.4 Å². The van der Waals surface area contributed by atoms with Crippen molar-refractivity contribution in [3.05, 3.63) is 65.7 Å². The lowest BCUT2D eigenvalue weighted by Gasteiger charge is -2.08. The molecule has 0 spiro atoms. The number of hydrogen-bond acceptors (Lipinski definition) is 1. The van der Waals surface area contributed by atoms with Crippen molar-refractivity contribution in [1.29, 1.82) is 0 Å². The summed E-state index contributed by atoms with van der Waals surface area (Å²) in [4.78, 5) is 0.357. The van der Waals surface area contributed by atoms with Gasteiger partial charge in [-0.25, -0.2) is 8.78 Å². The lowest BCUT2D eigenvalue weighted by Crippen LogP contribution is -2.10. The van der Waals surface area contributed by atoms with Crippen molar-refractivity contribution < 1.29 is 8.78 Å². The molecule has 0 fully saturated rings. The second kappa shape index (κ2) is 5.01. The molecular formula is C13H9F2NS. The Balaban J connectivity index is 2.18. The molecule has 0 aliphatic heterocycles. The number of nitrogens with one attached hydrogen (secondary N) is 1. The summed E-state index contributed by atoms with van der Waals surface area (Å²) in [6, 6.07) is 12.9. The van der Waals surface area contributed by atoms with Crippen molar-refractivity contribution in [3.8, 4) is 0 Å². The molecule has 0 saturated heterocycles. The third kappa shape index (κ3) is 2.85. The Hall–Kier alpha value is -1.81. The lowest BCUT2D eigenvalue weighted by atomic mass is 10.2. The smallest absolute Gasteiger partial charge is 0.159 e. The molecule has 0 atom stereocenters. The van der Waals surface area contributed by atoms with Crippen molar-refractivity contribution >= 4 is 22.9 Å². The zero-order chi connectivity index (χ0) is 12.3. The monoisotopic (exact) mass is 249 g/mol. The summed E-state index contributed by atoms with van der Waals surface area (Å²) in [6.45, 7) is 0. The fourth-order valence-corrected chi connectivity index (χ4v) is 1.61. The quantitative estimate of drug-likeness (QED) is 0.813.